The van der Waals surface area contributed by atoms with Gasteiger partial charge in [-0.15, -0.1) is 0 Å². The molecule has 4 heteroatoms. The van der Waals surface area contributed by atoms with Gasteiger partial charge >= 0.3 is 0 Å². The summed E-state index contributed by atoms with van der Waals surface area (Å²) in [5, 5.41) is 5.57. The van der Waals surface area contributed by atoms with Crippen LogP contribution in [0.25, 0.3) is 10.9 Å². The number of methoxy groups -OCH3 is 1. The van der Waals surface area contributed by atoms with Crippen LogP contribution in [0.5, 0.6) is 5.75 Å². The van der Waals surface area contributed by atoms with Gasteiger partial charge in [-0.1, -0.05) is 6.07 Å². The van der Waals surface area contributed by atoms with Gasteiger partial charge in [0, 0.05) is 19.5 Å². The molecular formula is C12H17N3O. The van der Waals surface area contributed by atoms with Crippen molar-refractivity contribution in [1.29, 1.82) is 0 Å². The summed E-state index contributed by atoms with van der Waals surface area (Å²) in [7, 11) is 3.61. The van der Waals surface area contributed by atoms with E-state index in [0.29, 0.717) is 0 Å². The van der Waals surface area contributed by atoms with Crippen LogP contribution in [0, 0.1) is 0 Å². The third kappa shape index (κ3) is 1.76. The summed E-state index contributed by atoms with van der Waals surface area (Å²) in [5.74, 6) is 0.862. The van der Waals surface area contributed by atoms with E-state index in [0.717, 1.165) is 28.8 Å². The Balaban J connectivity index is 2.64. The minimum Gasteiger partial charge on any atom is -0.496 e. The van der Waals surface area contributed by atoms with Crippen LogP contribution in [0.2, 0.25) is 0 Å². The normalized spacial score (nSPS) is 13.0. The fraction of sp³-hybridized carbons (Fsp3) is 0.417. The van der Waals surface area contributed by atoms with Gasteiger partial charge in [0.05, 0.1) is 23.7 Å². The van der Waals surface area contributed by atoms with E-state index in [4.69, 9.17) is 10.5 Å². The van der Waals surface area contributed by atoms with Crippen molar-refractivity contribution in [2.45, 2.75) is 19.4 Å². The molecule has 1 atom stereocenters. The zero-order valence-corrected chi connectivity index (χ0v) is 9.90. The Kier molecular flexibility index (Phi) is 2.83. The molecule has 4 nitrogen and oxygen atoms in total. The third-order valence-corrected chi connectivity index (χ3v) is 2.65. The Morgan fingerprint density at radius 1 is 1.50 bits per heavy atom. The van der Waals surface area contributed by atoms with Crippen molar-refractivity contribution >= 4 is 10.9 Å². The van der Waals surface area contributed by atoms with Crippen molar-refractivity contribution in [3.05, 3.63) is 23.9 Å². The molecule has 2 aromatic rings. The number of hydrogen-bond acceptors (Lipinski definition) is 3. The first-order valence-corrected chi connectivity index (χ1v) is 5.37. The minimum absolute atomic E-state index is 0.100. The van der Waals surface area contributed by atoms with E-state index in [1.807, 2.05) is 36.9 Å². The first kappa shape index (κ1) is 11.0. The number of ether oxygens (including phenoxy) is 1. The Morgan fingerprint density at radius 3 is 2.88 bits per heavy atom. The second-order valence-electron chi connectivity index (χ2n) is 4.11. The summed E-state index contributed by atoms with van der Waals surface area (Å²) >= 11 is 0. The number of aromatic nitrogens is 2. The van der Waals surface area contributed by atoms with Crippen LogP contribution in [0.15, 0.2) is 18.2 Å². The summed E-state index contributed by atoms with van der Waals surface area (Å²) in [4.78, 5) is 0. The van der Waals surface area contributed by atoms with Crippen molar-refractivity contribution in [1.82, 2.24) is 9.78 Å². The maximum Gasteiger partial charge on any atom is 0.130 e. The van der Waals surface area contributed by atoms with Crippen molar-refractivity contribution in [2.24, 2.45) is 12.8 Å². The number of aryl methyl sites for hydroxylation is 1. The molecule has 0 saturated heterocycles. The average molecular weight is 219 g/mol. The largest absolute Gasteiger partial charge is 0.496 e. The first-order chi connectivity index (χ1) is 7.63. The summed E-state index contributed by atoms with van der Waals surface area (Å²) in [5.41, 5.74) is 7.91. The Morgan fingerprint density at radius 2 is 2.25 bits per heavy atom. The number of benzene rings is 1. The second kappa shape index (κ2) is 4.14. The van der Waals surface area contributed by atoms with Crippen molar-refractivity contribution in [3.63, 3.8) is 0 Å². The van der Waals surface area contributed by atoms with E-state index >= 15 is 0 Å². The predicted molar refractivity (Wildman–Crippen MR) is 64.6 cm³/mol. The number of rotatable bonds is 3. The number of hydrogen-bond donors (Lipinski definition) is 1. The van der Waals surface area contributed by atoms with Gasteiger partial charge in [0.25, 0.3) is 0 Å². The first-order valence-electron chi connectivity index (χ1n) is 5.37. The molecule has 0 bridgehead atoms. The molecule has 1 aromatic carbocycles. The lowest BCUT2D eigenvalue weighted by Gasteiger charge is -2.05. The number of nitrogens with two attached hydrogens (primary N) is 1. The highest BCUT2D eigenvalue weighted by Gasteiger charge is 2.13. The van der Waals surface area contributed by atoms with Crippen LogP contribution in [0.1, 0.15) is 12.6 Å². The third-order valence-electron chi connectivity index (χ3n) is 2.65. The molecule has 0 aliphatic rings. The van der Waals surface area contributed by atoms with E-state index in [-0.39, 0.29) is 6.04 Å². The molecule has 0 radical (unpaired) electrons. The summed E-state index contributed by atoms with van der Waals surface area (Å²) in [6.45, 7) is 1.98. The fourth-order valence-corrected chi connectivity index (χ4v) is 1.98. The fourth-order valence-electron chi connectivity index (χ4n) is 1.98. The molecule has 16 heavy (non-hydrogen) atoms. The molecule has 2 rings (SSSR count). The van der Waals surface area contributed by atoms with Gasteiger partial charge < -0.3 is 10.5 Å². The van der Waals surface area contributed by atoms with Gasteiger partial charge in [0.2, 0.25) is 0 Å². The Hall–Kier alpha value is -1.55. The predicted octanol–water partition coefficient (Wildman–Crippen LogP) is 1.47. The van der Waals surface area contributed by atoms with Gasteiger partial charge in [-0.05, 0) is 19.1 Å². The van der Waals surface area contributed by atoms with E-state index in [2.05, 4.69) is 5.10 Å². The number of fused-ring (bicyclic) bond motifs is 1. The maximum absolute atomic E-state index is 5.83. The highest BCUT2D eigenvalue weighted by molar-refractivity contribution is 5.88. The van der Waals surface area contributed by atoms with Crippen LogP contribution >= 0.6 is 0 Å². The zero-order valence-electron chi connectivity index (χ0n) is 9.90. The highest BCUT2D eigenvalue weighted by atomic mass is 16.5. The van der Waals surface area contributed by atoms with Gasteiger partial charge in [-0.25, -0.2) is 0 Å². The van der Waals surface area contributed by atoms with E-state index in [9.17, 15) is 0 Å². The molecule has 0 fully saturated rings. The van der Waals surface area contributed by atoms with Crippen LogP contribution in [0.3, 0.4) is 0 Å². The van der Waals surface area contributed by atoms with Gasteiger partial charge in [-0.2, -0.15) is 5.10 Å². The van der Waals surface area contributed by atoms with Crippen LogP contribution in [-0.4, -0.2) is 22.9 Å². The highest BCUT2D eigenvalue weighted by Crippen LogP contribution is 2.28. The lowest BCUT2D eigenvalue weighted by molar-refractivity contribution is 0.419. The molecular weight excluding hydrogens is 202 g/mol. The summed E-state index contributed by atoms with van der Waals surface area (Å²) in [6.07, 6.45) is 0.762. The minimum atomic E-state index is 0.100. The van der Waals surface area contributed by atoms with Crippen LogP contribution < -0.4 is 10.5 Å². The molecule has 0 aliphatic carbocycles. The van der Waals surface area contributed by atoms with E-state index < -0.39 is 0 Å². The Labute approximate surface area is 95.0 Å². The van der Waals surface area contributed by atoms with Crippen molar-refractivity contribution in [2.75, 3.05) is 7.11 Å². The summed E-state index contributed by atoms with van der Waals surface area (Å²) < 4.78 is 7.24. The molecule has 0 aliphatic heterocycles. The van der Waals surface area contributed by atoms with E-state index in [1.165, 1.54) is 0 Å². The second-order valence-corrected chi connectivity index (χ2v) is 4.11. The summed E-state index contributed by atoms with van der Waals surface area (Å²) in [6, 6.07) is 6.06. The Bertz CT molecular complexity index is 502. The lowest BCUT2D eigenvalue weighted by atomic mass is 10.1. The van der Waals surface area contributed by atoms with E-state index in [1.54, 1.807) is 7.11 Å². The van der Waals surface area contributed by atoms with Gasteiger partial charge in [-0.3, -0.25) is 4.68 Å². The standard InChI is InChI=1S/C12H17N3O/c1-8(13)7-9-12-10(15(2)14-9)5-4-6-11(12)16-3/h4-6,8H,7,13H2,1-3H3. The SMILES string of the molecule is COc1cccc2c1c(CC(C)N)nn2C. The molecule has 1 aromatic heterocycles. The molecule has 86 valence electrons. The molecule has 0 saturated carbocycles. The topological polar surface area (TPSA) is 53.1 Å². The molecule has 1 heterocycles. The smallest absolute Gasteiger partial charge is 0.130 e. The van der Waals surface area contributed by atoms with Crippen molar-refractivity contribution < 1.29 is 4.74 Å². The van der Waals surface area contributed by atoms with Crippen LogP contribution in [0.4, 0.5) is 0 Å². The lowest BCUT2D eigenvalue weighted by Crippen LogP contribution is -2.18. The van der Waals surface area contributed by atoms with Crippen molar-refractivity contribution in [3.8, 4) is 5.75 Å². The van der Waals surface area contributed by atoms with Gasteiger partial charge in [0.15, 0.2) is 0 Å². The molecule has 0 amide bonds. The maximum atomic E-state index is 5.83. The monoisotopic (exact) mass is 219 g/mol. The van der Waals surface area contributed by atoms with Crippen LogP contribution in [-0.2, 0) is 13.5 Å². The molecule has 2 N–H and O–H groups in total. The quantitative estimate of drug-likeness (QED) is 0.850. The number of nitrogens with zero attached hydrogens (tertiary/aromatic N) is 2. The zero-order chi connectivity index (χ0) is 11.7. The van der Waals surface area contributed by atoms with Gasteiger partial charge in [0.1, 0.15) is 5.75 Å². The molecule has 1 unspecified atom stereocenters. The average Bonchev–Trinajstić information content (AvgIpc) is 2.55. The molecule has 0 spiro atoms.